The van der Waals surface area contributed by atoms with E-state index in [0.29, 0.717) is 12.1 Å². The third-order valence-corrected chi connectivity index (χ3v) is 12.4. The van der Waals surface area contributed by atoms with E-state index in [4.69, 9.17) is 9.47 Å². The van der Waals surface area contributed by atoms with Crippen LogP contribution in [0.3, 0.4) is 0 Å². The fraction of sp³-hybridized carbons (Fsp3) is 0.632. The second-order valence-electron chi connectivity index (χ2n) is 14.3. The Bertz CT molecular complexity index is 1450. The van der Waals surface area contributed by atoms with Crippen LogP contribution in [0, 0.1) is 0 Å². The minimum atomic E-state index is -4.49. The van der Waals surface area contributed by atoms with Gasteiger partial charge in [0.05, 0.1) is 36.5 Å². The van der Waals surface area contributed by atoms with Gasteiger partial charge in [0.1, 0.15) is 11.5 Å². The molecule has 8 nitrogen and oxygen atoms in total. The minimum Gasteiger partial charge on any atom is -0.496 e. The van der Waals surface area contributed by atoms with Gasteiger partial charge < -0.3 is 30.7 Å². The topological polar surface area (TPSA) is 101 Å². The molecule has 16 heteroatoms. The molecule has 2 amide bonds. The lowest BCUT2D eigenvalue weighted by Crippen LogP contribution is -2.51. The highest BCUT2D eigenvalue weighted by molar-refractivity contribution is 7.99. The van der Waals surface area contributed by atoms with Gasteiger partial charge in [-0.15, -0.1) is 23.5 Å². The maximum atomic E-state index is 13.1. The number of carbonyl (C=O) groups is 2. The smallest absolute Gasteiger partial charge is 0.416 e. The maximum Gasteiger partial charge on any atom is 0.416 e. The summed E-state index contributed by atoms with van der Waals surface area (Å²) in [6, 6.07) is 5.28. The average molecular weight is 805 g/mol. The second kappa shape index (κ2) is 18.4. The van der Waals surface area contributed by atoms with Gasteiger partial charge in [-0.3, -0.25) is 9.59 Å². The first kappa shape index (κ1) is 42.3. The number of alkyl halides is 6. The zero-order valence-electron chi connectivity index (χ0n) is 31.0. The number of amides is 2. The summed E-state index contributed by atoms with van der Waals surface area (Å²) >= 11 is 2.22. The van der Waals surface area contributed by atoms with Crippen molar-refractivity contribution in [1.29, 1.82) is 0 Å². The molecular weight excluding hydrogens is 755 g/mol. The third kappa shape index (κ3) is 10.3. The van der Waals surface area contributed by atoms with Crippen molar-refractivity contribution in [3.63, 3.8) is 0 Å². The number of rotatable bonds is 12. The van der Waals surface area contributed by atoms with E-state index >= 15 is 0 Å². The van der Waals surface area contributed by atoms with Crippen molar-refractivity contribution in [2.75, 3.05) is 26.7 Å². The molecule has 4 fully saturated rings. The number of ether oxygens (including phenoxy) is 2. The van der Waals surface area contributed by atoms with Crippen molar-refractivity contribution < 1.29 is 45.4 Å². The van der Waals surface area contributed by atoms with Crippen molar-refractivity contribution in [1.82, 2.24) is 21.3 Å². The Morgan fingerprint density at radius 1 is 0.574 bits per heavy atom. The molecule has 2 unspecified atom stereocenters. The molecule has 4 aliphatic rings. The molecule has 0 saturated heterocycles. The lowest BCUT2D eigenvalue weighted by atomic mass is 9.92. The first-order valence-corrected chi connectivity index (χ1v) is 20.9. The molecule has 0 heterocycles. The van der Waals surface area contributed by atoms with Gasteiger partial charge in [0.15, 0.2) is 0 Å². The van der Waals surface area contributed by atoms with Crippen molar-refractivity contribution in [3.8, 4) is 11.5 Å². The molecule has 300 valence electrons. The summed E-state index contributed by atoms with van der Waals surface area (Å²) in [5, 5.41) is 13.3. The van der Waals surface area contributed by atoms with Gasteiger partial charge in [0.2, 0.25) is 0 Å². The molecular formula is C38H50F6N4O4S2. The van der Waals surface area contributed by atoms with Gasteiger partial charge in [-0.25, -0.2) is 0 Å². The standard InChI is InChI=1S/2C19H25F3N2O2S/c2*1-26-15-9-11(19(20,21)22)10-16(27-2)17(15)18(25)24-14-8-4-7-13(14)23-12-5-3-6-12/h2*9-10,12-14,23H,3-8H2,1-2H3,(H,24,25)/t13-,14+;/m0./s1. The number of hydrogen-bond acceptors (Lipinski definition) is 8. The zero-order valence-corrected chi connectivity index (χ0v) is 32.6. The van der Waals surface area contributed by atoms with Crippen LogP contribution in [0.15, 0.2) is 34.1 Å². The number of thioether (sulfide) groups is 2. The zero-order chi connectivity index (χ0) is 39.2. The van der Waals surface area contributed by atoms with Gasteiger partial charge >= 0.3 is 12.4 Å². The number of benzene rings is 2. The molecule has 0 radical (unpaired) electrons. The van der Waals surface area contributed by atoms with E-state index in [1.807, 2.05) is 0 Å². The molecule has 0 aliphatic heterocycles. The Hall–Kier alpha value is -2.82. The molecule has 4 N–H and O–H groups in total. The molecule has 0 bridgehead atoms. The number of hydrogen-bond donors (Lipinski definition) is 4. The van der Waals surface area contributed by atoms with Crippen LogP contribution in [-0.4, -0.2) is 74.8 Å². The van der Waals surface area contributed by atoms with Crippen molar-refractivity contribution >= 4 is 35.3 Å². The summed E-state index contributed by atoms with van der Waals surface area (Å²) in [7, 11) is 2.57. The largest absolute Gasteiger partial charge is 0.496 e. The monoisotopic (exact) mass is 804 g/mol. The first-order chi connectivity index (χ1) is 25.7. The van der Waals surface area contributed by atoms with Crippen LogP contribution in [0.25, 0.3) is 0 Å². The van der Waals surface area contributed by atoms with Gasteiger partial charge in [0, 0.05) is 46.0 Å². The maximum absolute atomic E-state index is 13.1. The normalized spacial score (nSPS) is 23.1. The van der Waals surface area contributed by atoms with E-state index in [0.717, 1.165) is 86.3 Å². The number of nitrogens with one attached hydrogen (secondary N) is 4. The number of carbonyl (C=O) groups excluding carboxylic acids is 2. The number of halogens is 6. The SMILES string of the molecule is COc1cc(C(F)(F)F)cc(SC)c1C(=O)NC1CCCC1NC1CCC1.COc1cc(C(F)(F)F)cc(SC)c1C(=O)N[C@@H]1CCC[C@@H]1NC1CCC1. The van der Waals surface area contributed by atoms with E-state index in [1.54, 1.807) is 12.5 Å². The van der Waals surface area contributed by atoms with Gasteiger partial charge in [-0.05, 0) is 101 Å². The Morgan fingerprint density at radius 2 is 0.907 bits per heavy atom. The number of methoxy groups -OCH3 is 2. The summed E-state index contributed by atoms with van der Waals surface area (Å²) in [5.41, 5.74) is -1.28. The van der Waals surface area contributed by atoms with Crippen LogP contribution in [0.2, 0.25) is 0 Å². The Morgan fingerprint density at radius 3 is 1.19 bits per heavy atom. The predicted molar refractivity (Wildman–Crippen MR) is 199 cm³/mol. The molecule has 4 atom stereocenters. The molecule has 2 aromatic rings. The van der Waals surface area contributed by atoms with E-state index in [2.05, 4.69) is 21.3 Å². The summed E-state index contributed by atoms with van der Waals surface area (Å²) < 4.78 is 89.0. The minimum absolute atomic E-state index is 0.0141. The summed E-state index contributed by atoms with van der Waals surface area (Å²) in [4.78, 5) is 26.4. The van der Waals surface area contributed by atoms with Crippen molar-refractivity contribution in [2.45, 2.75) is 135 Å². The molecule has 0 aromatic heterocycles. The molecule has 4 saturated carbocycles. The van der Waals surface area contributed by atoms with Gasteiger partial charge in [0.25, 0.3) is 11.8 Å². The third-order valence-electron chi connectivity index (χ3n) is 10.9. The van der Waals surface area contributed by atoms with Gasteiger partial charge in [-0.1, -0.05) is 12.8 Å². The Kier molecular flexibility index (Phi) is 14.4. The van der Waals surface area contributed by atoms with Crippen LogP contribution in [-0.2, 0) is 12.4 Å². The van der Waals surface area contributed by atoms with E-state index in [1.165, 1.54) is 52.7 Å². The molecule has 2 aromatic carbocycles. The summed E-state index contributed by atoms with van der Waals surface area (Å²) in [6.45, 7) is 0. The fourth-order valence-electron chi connectivity index (χ4n) is 7.50. The van der Waals surface area contributed by atoms with E-state index < -0.39 is 23.5 Å². The second-order valence-corrected chi connectivity index (χ2v) is 16.0. The Balaban J connectivity index is 0.000000208. The van der Waals surface area contributed by atoms with Crippen molar-refractivity contribution in [3.05, 3.63) is 46.5 Å². The van der Waals surface area contributed by atoms with Crippen LogP contribution < -0.4 is 30.7 Å². The Labute approximate surface area is 321 Å². The molecule has 0 spiro atoms. The fourth-order valence-corrected chi connectivity index (χ4v) is 8.78. The summed E-state index contributed by atoms with van der Waals surface area (Å²) in [6.07, 6.45) is 7.26. The van der Waals surface area contributed by atoms with Crippen LogP contribution in [0.5, 0.6) is 11.5 Å². The summed E-state index contributed by atoms with van der Waals surface area (Å²) in [5.74, 6) is -0.851. The first-order valence-electron chi connectivity index (χ1n) is 18.5. The highest BCUT2D eigenvalue weighted by atomic mass is 32.2. The van der Waals surface area contributed by atoms with E-state index in [9.17, 15) is 35.9 Å². The molecule has 54 heavy (non-hydrogen) atoms. The lowest BCUT2D eigenvalue weighted by molar-refractivity contribution is -0.138. The van der Waals surface area contributed by atoms with Gasteiger partial charge in [-0.2, -0.15) is 26.3 Å². The highest BCUT2D eigenvalue weighted by Gasteiger charge is 2.38. The van der Waals surface area contributed by atoms with Crippen LogP contribution >= 0.6 is 23.5 Å². The highest BCUT2D eigenvalue weighted by Crippen LogP contribution is 2.40. The van der Waals surface area contributed by atoms with Crippen molar-refractivity contribution in [2.24, 2.45) is 0 Å². The quantitative estimate of drug-likeness (QED) is 0.125. The predicted octanol–water partition coefficient (Wildman–Crippen LogP) is 8.46. The molecule has 6 rings (SSSR count). The van der Waals surface area contributed by atoms with Crippen LogP contribution in [0.4, 0.5) is 26.3 Å². The molecule has 4 aliphatic carbocycles. The van der Waals surface area contributed by atoms with E-state index in [-0.39, 0.29) is 68.4 Å². The van der Waals surface area contributed by atoms with Crippen LogP contribution in [0.1, 0.15) is 109 Å². The average Bonchev–Trinajstić information content (AvgIpc) is 3.74. The lowest BCUT2D eigenvalue weighted by Gasteiger charge is -2.33.